The zero-order valence-corrected chi connectivity index (χ0v) is 15.3. The lowest BCUT2D eigenvalue weighted by Gasteiger charge is -2.18. The average Bonchev–Trinajstić information content (AvgIpc) is 2.84. The number of hydrogen-bond acceptors (Lipinski definition) is 2. The molecule has 0 spiro atoms. The summed E-state index contributed by atoms with van der Waals surface area (Å²) in [5.74, 6) is 0. The van der Waals surface area contributed by atoms with E-state index in [9.17, 15) is 0 Å². The molecule has 0 aliphatic heterocycles. The van der Waals surface area contributed by atoms with Crippen molar-refractivity contribution in [3.05, 3.63) is 55.1 Å². The third-order valence-electron chi connectivity index (χ3n) is 3.22. The van der Waals surface area contributed by atoms with Crippen molar-refractivity contribution < 1.29 is 0 Å². The lowest BCUT2D eigenvalue weighted by atomic mass is 9.95. The van der Waals surface area contributed by atoms with Crippen LogP contribution in [0.2, 0.25) is 5.02 Å². The molecular weight excluding hydrogens is 354 g/mol. The van der Waals surface area contributed by atoms with Crippen molar-refractivity contribution in [2.24, 2.45) is 0 Å². The zero-order chi connectivity index (χ0) is 14.9. The van der Waals surface area contributed by atoms with Crippen LogP contribution >= 0.6 is 38.9 Å². The quantitative estimate of drug-likeness (QED) is 0.721. The van der Waals surface area contributed by atoms with Crippen molar-refractivity contribution in [1.29, 1.82) is 0 Å². The zero-order valence-electron chi connectivity index (χ0n) is 12.1. The summed E-state index contributed by atoms with van der Waals surface area (Å²) in [7, 11) is 1.99. The molecule has 0 saturated carbocycles. The first-order valence-corrected chi connectivity index (χ1v) is 8.54. The lowest BCUT2D eigenvalue weighted by Crippen LogP contribution is -2.16. The van der Waals surface area contributed by atoms with Gasteiger partial charge in [0.05, 0.1) is 11.1 Å². The molecule has 1 aromatic carbocycles. The molecule has 1 N–H and O–H groups in total. The first-order valence-electron chi connectivity index (χ1n) is 6.55. The van der Waals surface area contributed by atoms with E-state index in [0.717, 1.165) is 9.50 Å². The first-order chi connectivity index (χ1) is 9.32. The van der Waals surface area contributed by atoms with Crippen LogP contribution in [0.3, 0.4) is 0 Å². The maximum absolute atomic E-state index is 6.07. The van der Waals surface area contributed by atoms with Crippen LogP contribution in [0, 0.1) is 0 Å². The van der Waals surface area contributed by atoms with Crippen LogP contribution in [-0.4, -0.2) is 7.05 Å². The summed E-state index contributed by atoms with van der Waals surface area (Å²) in [5.41, 5.74) is 1.41. The Bertz CT molecular complexity index is 601. The molecule has 108 valence electrons. The van der Waals surface area contributed by atoms with Gasteiger partial charge in [-0.2, -0.15) is 0 Å². The average molecular weight is 373 g/mol. The highest BCUT2D eigenvalue weighted by Gasteiger charge is 2.20. The van der Waals surface area contributed by atoms with Gasteiger partial charge in [0.1, 0.15) is 0 Å². The molecule has 1 aromatic heterocycles. The summed E-state index contributed by atoms with van der Waals surface area (Å²) in [5, 5.41) is 4.13. The highest BCUT2D eigenvalue weighted by atomic mass is 79.9. The van der Waals surface area contributed by atoms with E-state index in [2.05, 4.69) is 66.3 Å². The summed E-state index contributed by atoms with van der Waals surface area (Å²) >= 11 is 11.4. The number of nitrogens with one attached hydrogen (secondary N) is 1. The van der Waals surface area contributed by atoms with Gasteiger partial charge in [-0.05, 0) is 58.2 Å². The molecule has 2 rings (SSSR count). The van der Waals surface area contributed by atoms with Gasteiger partial charge in [-0.3, -0.25) is 0 Å². The van der Waals surface area contributed by atoms with E-state index in [1.54, 1.807) is 0 Å². The first kappa shape index (κ1) is 16.0. The van der Waals surface area contributed by atoms with E-state index in [4.69, 9.17) is 11.6 Å². The van der Waals surface area contributed by atoms with E-state index >= 15 is 0 Å². The molecule has 4 heteroatoms. The minimum Gasteiger partial charge on any atom is -0.309 e. The molecule has 0 aliphatic rings. The summed E-state index contributed by atoms with van der Waals surface area (Å²) in [6.45, 7) is 6.74. The van der Waals surface area contributed by atoms with Crippen molar-refractivity contribution in [2.45, 2.75) is 32.2 Å². The van der Waals surface area contributed by atoms with Gasteiger partial charge in [-0.15, -0.1) is 11.3 Å². The summed E-state index contributed by atoms with van der Waals surface area (Å²) in [6, 6.07) is 10.7. The highest BCUT2D eigenvalue weighted by Crippen LogP contribution is 2.36. The molecule has 20 heavy (non-hydrogen) atoms. The maximum atomic E-state index is 6.07. The van der Waals surface area contributed by atoms with Gasteiger partial charge in [-0.1, -0.05) is 38.4 Å². The molecular formula is C16H19BrClNS. The van der Waals surface area contributed by atoms with Gasteiger partial charge in [0, 0.05) is 14.2 Å². The molecule has 0 radical (unpaired) electrons. The Balaban J connectivity index is 2.37. The van der Waals surface area contributed by atoms with Gasteiger partial charge in [0.15, 0.2) is 0 Å². The SMILES string of the molecule is CNC(c1ccc(Cl)c(Br)c1)c1ccc(C(C)(C)C)s1. The Morgan fingerprint density at radius 3 is 2.40 bits per heavy atom. The second-order valence-corrected chi connectivity index (χ2v) is 8.22. The molecule has 2 aromatic rings. The molecule has 0 aliphatic carbocycles. The van der Waals surface area contributed by atoms with Crippen LogP contribution in [0.1, 0.15) is 42.1 Å². The van der Waals surface area contributed by atoms with E-state index in [0.29, 0.717) is 0 Å². The van der Waals surface area contributed by atoms with Crippen LogP contribution in [-0.2, 0) is 5.41 Å². The van der Waals surface area contributed by atoms with Crippen LogP contribution in [0.15, 0.2) is 34.8 Å². The van der Waals surface area contributed by atoms with E-state index in [-0.39, 0.29) is 11.5 Å². The molecule has 1 heterocycles. The van der Waals surface area contributed by atoms with Gasteiger partial charge in [0.2, 0.25) is 0 Å². The summed E-state index contributed by atoms with van der Waals surface area (Å²) in [4.78, 5) is 2.73. The van der Waals surface area contributed by atoms with Crippen molar-refractivity contribution >= 4 is 38.9 Å². The highest BCUT2D eigenvalue weighted by molar-refractivity contribution is 9.10. The predicted molar refractivity (Wildman–Crippen MR) is 93.1 cm³/mol. The molecule has 1 nitrogen and oxygen atoms in total. The molecule has 1 unspecified atom stereocenters. The molecule has 1 atom stereocenters. The number of rotatable bonds is 3. The third kappa shape index (κ3) is 3.45. The second-order valence-electron chi connectivity index (χ2n) is 5.85. The monoisotopic (exact) mass is 371 g/mol. The van der Waals surface area contributed by atoms with E-state index in [1.807, 2.05) is 24.5 Å². The fourth-order valence-electron chi connectivity index (χ4n) is 2.08. The smallest absolute Gasteiger partial charge is 0.0669 e. The van der Waals surface area contributed by atoms with Crippen LogP contribution in [0.25, 0.3) is 0 Å². The van der Waals surface area contributed by atoms with Crippen molar-refractivity contribution in [1.82, 2.24) is 5.32 Å². The fraction of sp³-hybridized carbons (Fsp3) is 0.375. The van der Waals surface area contributed by atoms with Gasteiger partial charge in [0.25, 0.3) is 0 Å². The number of thiophene rings is 1. The largest absolute Gasteiger partial charge is 0.309 e. The Hall–Kier alpha value is -0.350. The fourth-order valence-corrected chi connectivity index (χ4v) is 3.79. The van der Waals surface area contributed by atoms with Gasteiger partial charge >= 0.3 is 0 Å². The summed E-state index contributed by atoms with van der Waals surface area (Å²) in [6.07, 6.45) is 0. The molecule has 0 amide bonds. The van der Waals surface area contributed by atoms with Crippen molar-refractivity contribution in [3.8, 4) is 0 Å². The van der Waals surface area contributed by atoms with Crippen LogP contribution in [0.4, 0.5) is 0 Å². The summed E-state index contributed by atoms with van der Waals surface area (Å²) < 4.78 is 0.935. The minimum atomic E-state index is 0.196. The van der Waals surface area contributed by atoms with Crippen molar-refractivity contribution in [2.75, 3.05) is 7.05 Å². The van der Waals surface area contributed by atoms with Crippen LogP contribution < -0.4 is 5.32 Å². The number of benzene rings is 1. The topological polar surface area (TPSA) is 12.0 Å². The number of hydrogen-bond donors (Lipinski definition) is 1. The standard InChI is InChI=1S/C16H19BrClNS/c1-16(2,3)14-8-7-13(20-14)15(19-4)10-5-6-12(18)11(17)9-10/h5-9,15,19H,1-4H3. The molecule has 0 fully saturated rings. The Labute approximate surface area is 138 Å². The third-order valence-corrected chi connectivity index (χ3v) is 6.01. The minimum absolute atomic E-state index is 0.196. The van der Waals surface area contributed by atoms with Gasteiger partial charge < -0.3 is 5.32 Å². The van der Waals surface area contributed by atoms with Crippen molar-refractivity contribution in [3.63, 3.8) is 0 Å². The van der Waals surface area contributed by atoms with Gasteiger partial charge in [-0.25, -0.2) is 0 Å². The molecule has 0 bridgehead atoms. The van der Waals surface area contributed by atoms with Crippen LogP contribution in [0.5, 0.6) is 0 Å². The maximum Gasteiger partial charge on any atom is 0.0669 e. The molecule has 0 saturated heterocycles. The Morgan fingerprint density at radius 1 is 1.20 bits per heavy atom. The predicted octanol–water partition coefficient (Wildman–Crippen LogP) is 5.77. The number of halogens is 2. The van der Waals surface area contributed by atoms with E-state index in [1.165, 1.54) is 15.3 Å². The second kappa shape index (κ2) is 6.18. The lowest BCUT2D eigenvalue weighted by molar-refractivity contribution is 0.604. The Morgan fingerprint density at radius 2 is 1.90 bits per heavy atom. The van der Waals surface area contributed by atoms with E-state index < -0.39 is 0 Å². The Kier molecular flexibility index (Phi) is 4.96. The normalized spacial score (nSPS) is 13.5.